The summed E-state index contributed by atoms with van der Waals surface area (Å²) < 4.78 is 5.75. The van der Waals surface area contributed by atoms with E-state index in [0.29, 0.717) is 36.2 Å². The van der Waals surface area contributed by atoms with Gasteiger partial charge in [-0.1, -0.05) is 42.8 Å². The van der Waals surface area contributed by atoms with Crippen LogP contribution in [0.2, 0.25) is 0 Å². The lowest BCUT2D eigenvalue weighted by molar-refractivity contribution is -0.139. The highest BCUT2D eigenvalue weighted by Crippen LogP contribution is 2.63. The van der Waals surface area contributed by atoms with Crippen molar-refractivity contribution in [2.45, 2.75) is 59.3 Å². The van der Waals surface area contributed by atoms with Crippen molar-refractivity contribution in [1.29, 1.82) is 0 Å². The Morgan fingerprint density at radius 1 is 1.07 bits per heavy atom. The summed E-state index contributed by atoms with van der Waals surface area (Å²) in [6.45, 7) is 6.00. The molecular formula is C26H28O4. The van der Waals surface area contributed by atoms with Crippen LogP contribution in [0.25, 0.3) is 0 Å². The fourth-order valence-electron chi connectivity index (χ4n) is 4.86. The average molecular weight is 405 g/mol. The molecule has 0 radical (unpaired) electrons. The number of hydrogen-bond acceptors (Lipinski definition) is 4. The van der Waals surface area contributed by atoms with E-state index in [0.717, 1.165) is 24.0 Å². The molecule has 1 atom stereocenters. The standard InChI is InChI=1S/C26H28O4/c1-16-15-20-23(17(2)26(13-14-26)18(3)24(20)29)25(16)30-22(28)12-8-7-11-21(27)19-9-5-4-6-10-19/h4-6,9-10,15,18H,7-8,11-14H2,1-3H3/t18-/m1/s1. The zero-order chi connectivity index (χ0) is 21.5. The average Bonchev–Trinajstić information content (AvgIpc) is 3.49. The number of rotatable bonds is 7. The molecule has 0 N–H and O–H groups in total. The minimum absolute atomic E-state index is 0.00231. The van der Waals surface area contributed by atoms with Gasteiger partial charge in [0.1, 0.15) is 5.76 Å². The molecule has 1 spiro atoms. The van der Waals surface area contributed by atoms with Crippen molar-refractivity contribution >= 4 is 17.5 Å². The lowest BCUT2D eigenvalue weighted by atomic mass is 9.71. The Kier molecular flexibility index (Phi) is 5.35. The van der Waals surface area contributed by atoms with E-state index >= 15 is 0 Å². The molecule has 0 aliphatic heterocycles. The summed E-state index contributed by atoms with van der Waals surface area (Å²) in [5.74, 6) is 0.509. The highest BCUT2D eigenvalue weighted by molar-refractivity contribution is 6.07. The fraction of sp³-hybridized carbons (Fsp3) is 0.423. The zero-order valence-electron chi connectivity index (χ0n) is 17.9. The number of hydrogen-bond donors (Lipinski definition) is 0. The van der Waals surface area contributed by atoms with Gasteiger partial charge in [0.15, 0.2) is 11.6 Å². The number of Topliss-reactive ketones (excluding diaryl/α,β-unsaturated/α-hetero) is 2. The first-order valence-electron chi connectivity index (χ1n) is 10.8. The van der Waals surface area contributed by atoms with E-state index in [4.69, 9.17) is 4.74 Å². The predicted octanol–water partition coefficient (Wildman–Crippen LogP) is 5.50. The molecule has 0 aromatic heterocycles. The smallest absolute Gasteiger partial charge is 0.311 e. The maximum atomic E-state index is 12.9. The molecule has 1 aromatic carbocycles. The quantitative estimate of drug-likeness (QED) is 0.342. The number of esters is 1. The largest absolute Gasteiger partial charge is 0.426 e. The number of allylic oxidation sites excluding steroid dienone is 4. The van der Waals surface area contributed by atoms with E-state index in [-0.39, 0.29) is 35.3 Å². The molecule has 1 saturated carbocycles. The molecule has 1 fully saturated rings. The minimum Gasteiger partial charge on any atom is -0.426 e. The number of ether oxygens (including phenoxy) is 1. The summed E-state index contributed by atoms with van der Waals surface area (Å²) in [6, 6.07) is 9.21. The molecule has 0 bridgehead atoms. The Labute approximate surface area is 177 Å². The summed E-state index contributed by atoms with van der Waals surface area (Å²) in [7, 11) is 0. The van der Waals surface area contributed by atoms with E-state index in [1.165, 1.54) is 5.57 Å². The molecule has 3 aliphatic carbocycles. The molecular weight excluding hydrogens is 376 g/mol. The van der Waals surface area contributed by atoms with E-state index in [2.05, 4.69) is 6.92 Å². The highest BCUT2D eigenvalue weighted by atomic mass is 16.5. The van der Waals surface area contributed by atoms with Crippen molar-refractivity contribution in [3.63, 3.8) is 0 Å². The van der Waals surface area contributed by atoms with Crippen molar-refractivity contribution < 1.29 is 19.1 Å². The molecule has 1 aromatic rings. The van der Waals surface area contributed by atoms with Crippen molar-refractivity contribution in [1.82, 2.24) is 0 Å². The molecule has 156 valence electrons. The highest BCUT2D eigenvalue weighted by Gasteiger charge is 2.56. The summed E-state index contributed by atoms with van der Waals surface area (Å²) in [5.41, 5.74) is 4.24. The second-order valence-electron chi connectivity index (χ2n) is 8.78. The third-order valence-electron chi connectivity index (χ3n) is 6.96. The van der Waals surface area contributed by atoms with Crippen molar-refractivity contribution in [3.05, 3.63) is 70.0 Å². The molecule has 0 unspecified atom stereocenters. The van der Waals surface area contributed by atoms with Crippen LogP contribution in [0, 0.1) is 11.3 Å². The third kappa shape index (κ3) is 3.49. The molecule has 0 amide bonds. The maximum Gasteiger partial charge on any atom is 0.311 e. The zero-order valence-corrected chi connectivity index (χ0v) is 17.9. The molecule has 30 heavy (non-hydrogen) atoms. The fourth-order valence-corrected chi connectivity index (χ4v) is 4.86. The second kappa shape index (κ2) is 7.82. The summed E-state index contributed by atoms with van der Waals surface area (Å²) in [5, 5.41) is 0. The van der Waals surface area contributed by atoms with Gasteiger partial charge in [-0.05, 0) is 51.2 Å². The summed E-state index contributed by atoms with van der Waals surface area (Å²) in [4.78, 5) is 37.5. The van der Waals surface area contributed by atoms with E-state index in [9.17, 15) is 14.4 Å². The van der Waals surface area contributed by atoms with Crippen LogP contribution in [-0.4, -0.2) is 17.5 Å². The van der Waals surface area contributed by atoms with Gasteiger partial charge in [0.2, 0.25) is 0 Å². The second-order valence-corrected chi connectivity index (χ2v) is 8.78. The number of fused-ring (bicyclic) bond motifs is 1. The number of unbranched alkanes of at least 4 members (excludes halogenated alkanes) is 1. The lowest BCUT2D eigenvalue weighted by Crippen LogP contribution is -2.31. The number of carbonyl (C=O) groups excluding carboxylic acids is 3. The van der Waals surface area contributed by atoms with Gasteiger partial charge in [0, 0.05) is 40.9 Å². The molecule has 0 saturated heterocycles. The normalized spacial score (nSPS) is 21.6. The van der Waals surface area contributed by atoms with Crippen LogP contribution < -0.4 is 0 Å². The van der Waals surface area contributed by atoms with Crippen LogP contribution in [0.3, 0.4) is 0 Å². The number of carbonyl (C=O) groups is 3. The van der Waals surface area contributed by atoms with Gasteiger partial charge in [-0.15, -0.1) is 0 Å². The Balaban J connectivity index is 1.35. The van der Waals surface area contributed by atoms with Crippen LogP contribution in [-0.2, 0) is 14.3 Å². The third-order valence-corrected chi connectivity index (χ3v) is 6.96. The summed E-state index contributed by atoms with van der Waals surface area (Å²) >= 11 is 0. The van der Waals surface area contributed by atoms with E-state index < -0.39 is 0 Å². The molecule has 4 rings (SSSR count). The van der Waals surface area contributed by atoms with Crippen molar-refractivity contribution in [2.24, 2.45) is 11.3 Å². The van der Waals surface area contributed by atoms with Gasteiger partial charge >= 0.3 is 5.97 Å². The van der Waals surface area contributed by atoms with Gasteiger partial charge in [-0.3, -0.25) is 14.4 Å². The predicted molar refractivity (Wildman–Crippen MR) is 115 cm³/mol. The Morgan fingerprint density at radius 2 is 1.73 bits per heavy atom. The summed E-state index contributed by atoms with van der Waals surface area (Å²) in [6.07, 6.45) is 5.84. The molecule has 4 heteroatoms. The van der Waals surface area contributed by atoms with Gasteiger partial charge in [0.25, 0.3) is 0 Å². The van der Waals surface area contributed by atoms with Crippen LogP contribution in [0.4, 0.5) is 0 Å². The van der Waals surface area contributed by atoms with Crippen LogP contribution >= 0.6 is 0 Å². The van der Waals surface area contributed by atoms with Crippen LogP contribution in [0.5, 0.6) is 0 Å². The minimum atomic E-state index is -0.303. The number of ketones is 2. The first-order chi connectivity index (χ1) is 14.3. The molecule has 4 nitrogen and oxygen atoms in total. The van der Waals surface area contributed by atoms with E-state index in [1.807, 2.05) is 50.3 Å². The van der Waals surface area contributed by atoms with E-state index in [1.54, 1.807) is 0 Å². The SMILES string of the molecule is CC1=C(OC(=O)CCCCC(=O)c2ccccc2)C2=C(C)C3(CC3)[C@H](C)C(=O)C2=C1. The Morgan fingerprint density at radius 3 is 2.40 bits per heavy atom. The number of benzene rings is 1. The van der Waals surface area contributed by atoms with Gasteiger partial charge < -0.3 is 4.74 Å². The monoisotopic (exact) mass is 404 g/mol. The van der Waals surface area contributed by atoms with Gasteiger partial charge in [-0.25, -0.2) is 0 Å². The maximum absolute atomic E-state index is 12.9. The van der Waals surface area contributed by atoms with Crippen molar-refractivity contribution in [3.8, 4) is 0 Å². The van der Waals surface area contributed by atoms with Crippen LogP contribution in [0.1, 0.15) is 69.7 Å². The topological polar surface area (TPSA) is 60.4 Å². The lowest BCUT2D eigenvalue weighted by Gasteiger charge is -2.32. The molecule has 0 heterocycles. The first-order valence-corrected chi connectivity index (χ1v) is 10.8. The molecule has 3 aliphatic rings. The van der Waals surface area contributed by atoms with Gasteiger partial charge in [0.05, 0.1) is 0 Å². The Hall–Kier alpha value is -2.75. The first kappa shape index (κ1) is 20.5. The van der Waals surface area contributed by atoms with Crippen LogP contribution in [0.15, 0.2) is 64.5 Å². The van der Waals surface area contributed by atoms with Gasteiger partial charge in [-0.2, -0.15) is 0 Å². The van der Waals surface area contributed by atoms with Crippen molar-refractivity contribution in [2.75, 3.05) is 0 Å². The Bertz CT molecular complexity index is 1000.